The number of rotatable bonds is 0. The molecule has 1 aromatic rings. The average Bonchev–Trinajstić information content (AvgIpc) is 2.71. The van der Waals surface area contributed by atoms with E-state index in [0.717, 1.165) is 0 Å². The van der Waals surface area contributed by atoms with Crippen molar-refractivity contribution in [2.75, 3.05) is 0 Å². The van der Waals surface area contributed by atoms with Gasteiger partial charge in [0.15, 0.2) is 0 Å². The SMILES string of the molecule is CC1Sc2cc3c(cc2C(N)C1C)CCC3. The molecule has 16 heavy (non-hydrogen) atoms. The van der Waals surface area contributed by atoms with E-state index in [-0.39, 0.29) is 6.04 Å². The van der Waals surface area contributed by atoms with Crippen LogP contribution in [0.25, 0.3) is 0 Å². The molecular weight excluding hydrogens is 214 g/mol. The molecule has 1 aliphatic carbocycles. The molecule has 1 aromatic carbocycles. The van der Waals surface area contributed by atoms with Gasteiger partial charge in [-0.3, -0.25) is 0 Å². The summed E-state index contributed by atoms with van der Waals surface area (Å²) in [5, 5.41) is 0.641. The van der Waals surface area contributed by atoms with Gasteiger partial charge < -0.3 is 5.73 Å². The predicted molar refractivity (Wildman–Crippen MR) is 69.9 cm³/mol. The first-order chi connectivity index (χ1) is 7.66. The molecule has 2 aliphatic rings. The quantitative estimate of drug-likeness (QED) is 0.744. The Hall–Kier alpha value is -0.470. The van der Waals surface area contributed by atoms with Gasteiger partial charge in [0, 0.05) is 16.2 Å². The topological polar surface area (TPSA) is 26.0 Å². The summed E-state index contributed by atoms with van der Waals surface area (Å²) in [6.07, 6.45) is 3.84. The maximum atomic E-state index is 6.36. The summed E-state index contributed by atoms with van der Waals surface area (Å²) in [5.74, 6) is 0.581. The van der Waals surface area contributed by atoms with Crippen LogP contribution in [0.1, 0.15) is 43.0 Å². The molecule has 0 saturated carbocycles. The van der Waals surface area contributed by atoms with Crippen molar-refractivity contribution in [3.05, 3.63) is 28.8 Å². The van der Waals surface area contributed by atoms with Crippen LogP contribution in [0.4, 0.5) is 0 Å². The van der Waals surface area contributed by atoms with E-state index < -0.39 is 0 Å². The molecular formula is C14H19NS. The average molecular weight is 233 g/mol. The highest BCUT2D eigenvalue weighted by atomic mass is 32.2. The molecule has 3 rings (SSSR count). The second-order valence-corrected chi connectivity index (χ2v) is 6.64. The summed E-state index contributed by atoms with van der Waals surface area (Å²) in [7, 11) is 0. The lowest BCUT2D eigenvalue weighted by Crippen LogP contribution is -2.30. The lowest BCUT2D eigenvalue weighted by atomic mass is 9.90. The van der Waals surface area contributed by atoms with E-state index in [1.54, 1.807) is 11.1 Å². The van der Waals surface area contributed by atoms with Gasteiger partial charge in [0.1, 0.15) is 0 Å². The molecule has 0 fully saturated rings. The number of benzene rings is 1. The largest absolute Gasteiger partial charge is 0.324 e. The lowest BCUT2D eigenvalue weighted by Gasteiger charge is -2.33. The van der Waals surface area contributed by atoms with Crippen LogP contribution in [-0.4, -0.2) is 5.25 Å². The first-order valence-corrected chi connectivity index (χ1v) is 7.12. The van der Waals surface area contributed by atoms with Crippen molar-refractivity contribution >= 4 is 11.8 Å². The van der Waals surface area contributed by atoms with Crippen molar-refractivity contribution in [3.63, 3.8) is 0 Å². The van der Waals surface area contributed by atoms with Crippen LogP contribution in [0, 0.1) is 5.92 Å². The fourth-order valence-corrected chi connectivity index (χ4v) is 4.19. The molecule has 0 aromatic heterocycles. The zero-order chi connectivity index (χ0) is 11.3. The van der Waals surface area contributed by atoms with E-state index in [2.05, 4.69) is 26.0 Å². The van der Waals surface area contributed by atoms with Crippen molar-refractivity contribution < 1.29 is 0 Å². The Morgan fingerprint density at radius 2 is 1.88 bits per heavy atom. The van der Waals surface area contributed by atoms with Crippen LogP contribution in [0.2, 0.25) is 0 Å². The number of aryl methyl sites for hydroxylation is 2. The predicted octanol–water partition coefficient (Wildman–Crippen LogP) is 3.31. The Bertz CT molecular complexity index is 427. The van der Waals surface area contributed by atoms with E-state index in [0.29, 0.717) is 11.2 Å². The highest BCUT2D eigenvalue weighted by Gasteiger charge is 2.30. The molecule has 1 nitrogen and oxygen atoms in total. The minimum atomic E-state index is 0.233. The summed E-state index contributed by atoms with van der Waals surface area (Å²) in [4.78, 5) is 1.44. The van der Waals surface area contributed by atoms with Crippen molar-refractivity contribution in [3.8, 4) is 0 Å². The van der Waals surface area contributed by atoms with Crippen molar-refractivity contribution in [1.82, 2.24) is 0 Å². The van der Waals surface area contributed by atoms with Gasteiger partial charge in [0.25, 0.3) is 0 Å². The van der Waals surface area contributed by atoms with Gasteiger partial charge in [-0.1, -0.05) is 19.9 Å². The summed E-state index contributed by atoms with van der Waals surface area (Å²) in [6, 6.07) is 5.03. The highest BCUT2D eigenvalue weighted by molar-refractivity contribution is 8.00. The molecule has 2 heteroatoms. The molecule has 1 heterocycles. The first-order valence-electron chi connectivity index (χ1n) is 6.25. The Labute approximate surface area is 102 Å². The molecule has 3 unspecified atom stereocenters. The molecule has 86 valence electrons. The van der Waals surface area contributed by atoms with E-state index in [1.165, 1.54) is 29.7 Å². The van der Waals surface area contributed by atoms with E-state index in [9.17, 15) is 0 Å². The smallest absolute Gasteiger partial charge is 0.0342 e. The van der Waals surface area contributed by atoms with Crippen molar-refractivity contribution in [2.24, 2.45) is 11.7 Å². The maximum absolute atomic E-state index is 6.36. The molecule has 0 spiro atoms. The van der Waals surface area contributed by atoms with E-state index >= 15 is 0 Å². The van der Waals surface area contributed by atoms with Crippen molar-refractivity contribution in [2.45, 2.75) is 49.3 Å². The summed E-state index contributed by atoms with van der Waals surface area (Å²) in [5.41, 5.74) is 10.9. The zero-order valence-corrected chi connectivity index (χ0v) is 10.8. The van der Waals surface area contributed by atoms with Gasteiger partial charge >= 0.3 is 0 Å². The molecule has 1 aliphatic heterocycles. The highest BCUT2D eigenvalue weighted by Crippen LogP contribution is 2.44. The fraction of sp³-hybridized carbons (Fsp3) is 0.571. The van der Waals surface area contributed by atoms with Crippen LogP contribution < -0.4 is 5.73 Å². The van der Waals surface area contributed by atoms with E-state index in [4.69, 9.17) is 5.73 Å². The second-order valence-electron chi connectivity index (χ2n) is 5.22. The molecule has 2 N–H and O–H groups in total. The number of hydrogen-bond donors (Lipinski definition) is 1. The van der Waals surface area contributed by atoms with Crippen LogP contribution in [0.5, 0.6) is 0 Å². The van der Waals surface area contributed by atoms with Gasteiger partial charge in [-0.15, -0.1) is 11.8 Å². The van der Waals surface area contributed by atoms with Crippen LogP contribution >= 0.6 is 11.8 Å². The molecule has 0 radical (unpaired) electrons. The minimum Gasteiger partial charge on any atom is -0.324 e. The van der Waals surface area contributed by atoms with E-state index in [1.807, 2.05) is 11.8 Å². The Morgan fingerprint density at radius 3 is 2.62 bits per heavy atom. The van der Waals surface area contributed by atoms with Gasteiger partial charge in [-0.25, -0.2) is 0 Å². The summed E-state index contributed by atoms with van der Waals surface area (Å²) >= 11 is 2.01. The monoisotopic (exact) mass is 233 g/mol. The maximum Gasteiger partial charge on any atom is 0.0342 e. The third-order valence-electron chi connectivity index (χ3n) is 4.20. The second kappa shape index (κ2) is 3.78. The summed E-state index contributed by atoms with van der Waals surface area (Å²) < 4.78 is 0. The van der Waals surface area contributed by atoms with Gasteiger partial charge in [-0.2, -0.15) is 0 Å². The zero-order valence-electron chi connectivity index (χ0n) is 9.99. The Morgan fingerprint density at radius 1 is 1.19 bits per heavy atom. The van der Waals surface area contributed by atoms with Gasteiger partial charge in [-0.05, 0) is 47.9 Å². The van der Waals surface area contributed by atoms with Crippen LogP contribution in [0.3, 0.4) is 0 Å². The third-order valence-corrected chi connectivity index (χ3v) is 5.61. The molecule has 0 saturated heterocycles. The number of hydrogen-bond acceptors (Lipinski definition) is 2. The Balaban J connectivity index is 2.09. The molecule has 0 amide bonds. The van der Waals surface area contributed by atoms with Gasteiger partial charge in [0.05, 0.1) is 0 Å². The number of thioether (sulfide) groups is 1. The third kappa shape index (κ3) is 1.51. The minimum absolute atomic E-state index is 0.233. The summed E-state index contributed by atoms with van der Waals surface area (Å²) in [6.45, 7) is 4.57. The first kappa shape index (κ1) is 10.7. The Kier molecular flexibility index (Phi) is 2.52. The normalized spacial score (nSPS) is 32.3. The van der Waals surface area contributed by atoms with Crippen molar-refractivity contribution in [1.29, 1.82) is 0 Å². The lowest BCUT2D eigenvalue weighted by molar-refractivity contribution is 0.452. The number of nitrogens with two attached hydrogens (primary N) is 1. The fourth-order valence-electron chi connectivity index (χ4n) is 2.87. The van der Waals surface area contributed by atoms with Gasteiger partial charge in [0.2, 0.25) is 0 Å². The number of fused-ring (bicyclic) bond motifs is 2. The van der Waals surface area contributed by atoms with Crippen LogP contribution in [-0.2, 0) is 12.8 Å². The standard InChI is InChI=1S/C14H19NS/c1-8-9(2)16-13-7-11-5-3-4-10(11)6-12(13)14(8)15/h6-9,14H,3-5,15H2,1-2H3. The molecule has 0 bridgehead atoms. The van der Waals surface area contributed by atoms with Crippen LogP contribution in [0.15, 0.2) is 17.0 Å². The molecule has 3 atom stereocenters.